The van der Waals surface area contributed by atoms with Crippen molar-refractivity contribution in [3.8, 4) is 0 Å². The van der Waals surface area contributed by atoms with Gasteiger partial charge in [0.2, 0.25) is 0 Å². The standard InChI is InChI=1S/C11H14N2O5/c1-4-5-17-10(16)12-11(2,3)8-7(9(14)15)6-18-13-8/h4,6H,1,5H2,2-3H3,(H,12,16)(H,14,15). The van der Waals surface area contributed by atoms with Gasteiger partial charge in [0, 0.05) is 0 Å². The number of amides is 1. The number of carboxylic acids is 1. The Morgan fingerprint density at radius 3 is 2.89 bits per heavy atom. The fourth-order valence-electron chi connectivity index (χ4n) is 1.32. The van der Waals surface area contributed by atoms with E-state index in [1.165, 1.54) is 6.08 Å². The third-order valence-corrected chi connectivity index (χ3v) is 2.14. The fraction of sp³-hybridized carbons (Fsp3) is 0.364. The zero-order chi connectivity index (χ0) is 13.8. The molecule has 1 aromatic heterocycles. The summed E-state index contributed by atoms with van der Waals surface area (Å²) in [4.78, 5) is 22.3. The minimum absolute atomic E-state index is 0.0620. The van der Waals surface area contributed by atoms with Crippen molar-refractivity contribution in [2.45, 2.75) is 19.4 Å². The van der Waals surface area contributed by atoms with Gasteiger partial charge in [0.05, 0.1) is 5.54 Å². The maximum Gasteiger partial charge on any atom is 0.408 e. The number of aromatic carboxylic acids is 1. The molecule has 0 atom stereocenters. The summed E-state index contributed by atoms with van der Waals surface area (Å²) in [7, 11) is 0. The number of alkyl carbamates (subject to hydrolysis) is 1. The lowest BCUT2D eigenvalue weighted by atomic mass is 9.97. The molecule has 18 heavy (non-hydrogen) atoms. The molecule has 0 saturated heterocycles. The van der Waals surface area contributed by atoms with Gasteiger partial charge in [0.25, 0.3) is 0 Å². The number of nitrogens with one attached hydrogen (secondary N) is 1. The summed E-state index contributed by atoms with van der Waals surface area (Å²) >= 11 is 0. The average Bonchev–Trinajstić information content (AvgIpc) is 2.75. The minimum atomic E-state index is -1.18. The van der Waals surface area contributed by atoms with Crippen LogP contribution in [-0.4, -0.2) is 28.9 Å². The number of rotatable bonds is 5. The zero-order valence-corrected chi connectivity index (χ0v) is 10.1. The highest BCUT2D eigenvalue weighted by Crippen LogP contribution is 2.22. The summed E-state index contributed by atoms with van der Waals surface area (Å²) in [6, 6.07) is 0. The van der Waals surface area contributed by atoms with E-state index in [9.17, 15) is 9.59 Å². The van der Waals surface area contributed by atoms with Crippen molar-refractivity contribution in [1.29, 1.82) is 0 Å². The molecule has 7 nitrogen and oxygen atoms in total. The quantitative estimate of drug-likeness (QED) is 0.772. The smallest absolute Gasteiger partial charge is 0.408 e. The van der Waals surface area contributed by atoms with Crippen LogP contribution in [0, 0.1) is 0 Å². The highest BCUT2D eigenvalue weighted by atomic mass is 16.5. The van der Waals surface area contributed by atoms with Crippen LogP contribution in [0.15, 0.2) is 23.4 Å². The zero-order valence-electron chi connectivity index (χ0n) is 10.1. The molecule has 0 spiro atoms. The highest BCUT2D eigenvalue weighted by Gasteiger charge is 2.32. The molecular weight excluding hydrogens is 240 g/mol. The van der Waals surface area contributed by atoms with Crippen molar-refractivity contribution >= 4 is 12.1 Å². The van der Waals surface area contributed by atoms with E-state index in [0.717, 1.165) is 6.26 Å². The lowest BCUT2D eigenvalue weighted by molar-refractivity contribution is 0.0692. The van der Waals surface area contributed by atoms with Crippen molar-refractivity contribution in [2.24, 2.45) is 0 Å². The molecule has 7 heteroatoms. The van der Waals surface area contributed by atoms with Crippen molar-refractivity contribution in [3.05, 3.63) is 30.2 Å². The molecule has 0 unspecified atom stereocenters. The van der Waals surface area contributed by atoms with Crippen LogP contribution in [0.25, 0.3) is 0 Å². The number of hydrogen-bond donors (Lipinski definition) is 2. The van der Waals surface area contributed by atoms with Gasteiger partial charge in [-0.05, 0) is 13.8 Å². The van der Waals surface area contributed by atoms with E-state index in [-0.39, 0.29) is 17.9 Å². The first-order chi connectivity index (χ1) is 8.38. The normalized spacial score (nSPS) is 10.8. The van der Waals surface area contributed by atoms with Gasteiger partial charge < -0.3 is 19.7 Å². The first-order valence-electron chi connectivity index (χ1n) is 5.12. The number of carbonyl (C=O) groups excluding carboxylic acids is 1. The maximum absolute atomic E-state index is 11.4. The summed E-state index contributed by atoms with van der Waals surface area (Å²) in [5.74, 6) is -1.18. The molecule has 0 aliphatic rings. The van der Waals surface area contributed by atoms with Crippen LogP contribution >= 0.6 is 0 Å². The molecule has 1 heterocycles. The Kier molecular flexibility index (Phi) is 4.09. The summed E-state index contributed by atoms with van der Waals surface area (Å²) < 4.78 is 9.37. The van der Waals surface area contributed by atoms with Crippen molar-refractivity contribution < 1.29 is 24.0 Å². The first kappa shape index (κ1) is 13.8. The first-order valence-corrected chi connectivity index (χ1v) is 5.12. The largest absolute Gasteiger partial charge is 0.478 e. The third-order valence-electron chi connectivity index (χ3n) is 2.14. The summed E-state index contributed by atoms with van der Waals surface area (Å²) in [6.45, 7) is 6.65. The molecule has 1 aromatic rings. The Bertz CT molecular complexity index is 464. The number of carboxylic acid groups (broad SMARTS) is 1. The van der Waals surface area contributed by atoms with Crippen LogP contribution in [-0.2, 0) is 10.3 Å². The van der Waals surface area contributed by atoms with Gasteiger partial charge >= 0.3 is 12.1 Å². The van der Waals surface area contributed by atoms with E-state index >= 15 is 0 Å². The lowest BCUT2D eigenvalue weighted by Crippen LogP contribution is -2.42. The van der Waals surface area contributed by atoms with E-state index < -0.39 is 17.6 Å². The van der Waals surface area contributed by atoms with E-state index in [2.05, 4.69) is 21.6 Å². The van der Waals surface area contributed by atoms with Crippen LogP contribution in [0.1, 0.15) is 29.9 Å². The number of carbonyl (C=O) groups is 2. The number of aromatic nitrogens is 1. The van der Waals surface area contributed by atoms with E-state index in [0.29, 0.717) is 0 Å². The van der Waals surface area contributed by atoms with Gasteiger partial charge in [-0.2, -0.15) is 0 Å². The van der Waals surface area contributed by atoms with Crippen LogP contribution in [0.4, 0.5) is 4.79 Å². The number of hydrogen-bond acceptors (Lipinski definition) is 5. The predicted molar refractivity (Wildman–Crippen MR) is 61.2 cm³/mol. The maximum atomic E-state index is 11.4. The van der Waals surface area contributed by atoms with Crippen LogP contribution in [0.5, 0.6) is 0 Å². The average molecular weight is 254 g/mol. The van der Waals surface area contributed by atoms with Crippen LogP contribution in [0.2, 0.25) is 0 Å². The van der Waals surface area contributed by atoms with Gasteiger partial charge in [-0.1, -0.05) is 17.8 Å². The SMILES string of the molecule is C=CCOC(=O)NC(C)(C)c1nocc1C(=O)O. The molecule has 0 radical (unpaired) electrons. The van der Waals surface area contributed by atoms with Gasteiger partial charge in [0.1, 0.15) is 24.1 Å². The molecule has 1 amide bonds. The van der Waals surface area contributed by atoms with Crippen molar-refractivity contribution in [1.82, 2.24) is 10.5 Å². The van der Waals surface area contributed by atoms with Gasteiger partial charge in [-0.3, -0.25) is 0 Å². The van der Waals surface area contributed by atoms with Gasteiger partial charge in [0.15, 0.2) is 0 Å². The molecule has 0 saturated carbocycles. The number of ether oxygens (including phenoxy) is 1. The topological polar surface area (TPSA) is 102 Å². The second kappa shape index (κ2) is 5.35. The molecule has 0 fully saturated rings. The summed E-state index contributed by atoms with van der Waals surface area (Å²) in [6.07, 6.45) is 1.74. The molecule has 0 bridgehead atoms. The van der Waals surface area contributed by atoms with E-state index in [1.807, 2.05) is 0 Å². The highest BCUT2D eigenvalue weighted by molar-refractivity contribution is 5.89. The molecule has 1 rings (SSSR count). The Morgan fingerprint density at radius 1 is 1.67 bits per heavy atom. The molecule has 0 aromatic carbocycles. The fourth-order valence-corrected chi connectivity index (χ4v) is 1.32. The van der Waals surface area contributed by atoms with Gasteiger partial charge in [-0.15, -0.1) is 0 Å². The molecule has 0 aliphatic heterocycles. The minimum Gasteiger partial charge on any atom is -0.478 e. The second-order valence-corrected chi connectivity index (χ2v) is 4.02. The van der Waals surface area contributed by atoms with Crippen LogP contribution < -0.4 is 5.32 Å². The second-order valence-electron chi connectivity index (χ2n) is 4.02. The molecule has 0 aliphatic carbocycles. The number of nitrogens with zero attached hydrogens (tertiary/aromatic N) is 1. The molecule has 2 N–H and O–H groups in total. The monoisotopic (exact) mass is 254 g/mol. The van der Waals surface area contributed by atoms with E-state index in [4.69, 9.17) is 9.84 Å². The molecule has 98 valence electrons. The van der Waals surface area contributed by atoms with Gasteiger partial charge in [-0.25, -0.2) is 9.59 Å². The Morgan fingerprint density at radius 2 is 2.33 bits per heavy atom. The summed E-state index contributed by atoms with van der Waals surface area (Å²) in [5, 5.41) is 15.0. The molecular formula is C11H14N2O5. The Balaban J connectivity index is 2.85. The Hall–Kier alpha value is -2.31. The van der Waals surface area contributed by atoms with Crippen LogP contribution in [0.3, 0.4) is 0 Å². The van der Waals surface area contributed by atoms with Crippen molar-refractivity contribution in [2.75, 3.05) is 6.61 Å². The predicted octanol–water partition coefficient (Wildman–Crippen LogP) is 1.52. The van der Waals surface area contributed by atoms with E-state index in [1.54, 1.807) is 13.8 Å². The Labute approximate surface area is 103 Å². The summed E-state index contributed by atoms with van der Waals surface area (Å²) in [5.41, 5.74) is -1.02. The third kappa shape index (κ3) is 3.09. The lowest BCUT2D eigenvalue weighted by Gasteiger charge is -2.23. The van der Waals surface area contributed by atoms with Crippen molar-refractivity contribution in [3.63, 3.8) is 0 Å².